The van der Waals surface area contributed by atoms with Crippen molar-refractivity contribution in [3.63, 3.8) is 0 Å². The summed E-state index contributed by atoms with van der Waals surface area (Å²) in [6.07, 6.45) is 2.86. The molecule has 0 bridgehead atoms. The summed E-state index contributed by atoms with van der Waals surface area (Å²) in [5.74, 6) is 0.0624. The van der Waals surface area contributed by atoms with Gasteiger partial charge < -0.3 is 9.80 Å². The number of carbonyl (C=O) groups is 2. The Morgan fingerprint density at radius 1 is 1.11 bits per heavy atom. The van der Waals surface area contributed by atoms with Gasteiger partial charge in [0.05, 0.1) is 18.3 Å². The Labute approximate surface area is 159 Å². The van der Waals surface area contributed by atoms with E-state index in [-0.39, 0.29) is 17.9 Å². The van der Waals surface area contributed by atoms with Crippen LogP contribution in [0, 0.1) is 6.92 Å². The molecular formula is C21H26N4O2. The fraction of sp³-hybridized carbons (Fsp3) is 0.476. The zero-order valence-corrected chi connectivity index (χ0v) is 16.0. The second-order valence-corrected chi connectivity index (χ2v) is 7.55. The molecule has 1 fully saturated rings. The molecule has 6 heteroatoms. The Morgan fingerprint density at radius 3 is 2.70 bits per heavy atom. The summed E-state index contributed by atoms with van der Waals surface area (Å²) in [6.45, 7) is 6.47. The molecule has 27 heavy (non-hydrogen) atoms. The van der Waals surface area contributed by atoms with Crippen molar-refractivity contribution in [1.82, 2.24) is 19.6 Å². The van der Waals surface area contributed by atoms with E-state index in [0.29, 0.717) is 12.2 Å². The van der Waals surface area contributed by atoms with Gasteiger partial charge in [-0.05, 0) is 43.4 Å². The van der Waals surface area contributed by atoms with Crippen molar-refractivity contribution in [3.05, 3.63) is 52.8 Å². The van der Waals surface area contributed by atoms with Crippen LogP contribution >= 0.6 is 0 Å². The quantitative estimate of drug-likeness (QED) is 0.821. The number of likely N-dealkylation sites (tertiary alicyclic amines) is 1. The molecule has 0 N–H and O–H groups in total. The number of fused-ring (bicyclic) bond motifs is 1. The van der Waals surface area contributed by atoms with Crippen molar-refractivity contribution in [2.24, 2.45) is 0 Å². The first kappa shape index (κ1) is 17.8. The number of hydrogen-bond acceptors (Lipinski definition) is 3. The van der Waals surface area contributed by atoms with Gasteiger partial charge >= 0.3 is 0 Å². The Bertz CT molecular complexity index is 873. The molecule has 3 heterocycles. The molecule has 1 aromatic carbocycles. The van der Waals surface area contributed by atoms with Crippen molar-refractivity contribution < 1.29 is 9.59 Å². The average Bonchev–Trinajstić information content (AvgIpc) is 3.24. The van der Waals surface area contributed by atoms with E-state index in [2.05, 4.69) is 24.2 Å². The van der Waals surface area contributed by atoms with Gasteiger partial charge in [-0.3, -0.25) is 14.3 Å². The maximum absolute atomic E-state index is 13.2. The number of amides is 2. The van der Waals surface area contributed by atoms with Crippen LogP contribution in [0.3, 0.4) is 0 Å². The molecule has 2 aliphatic heterocycles. The number of aromatic nitrogens is 2. The maximum Gasteiger partial charge on any atom is 0.274 e. The summed E-state index contributed by atoms with van der Waals surface area (Å²) in [6, 6.07) is 10.3. The lowest BCUT2D eigenvalue weighted by atomic mass is 9.99. The fourth-order valence-corrected chi connectivity index (χ4v) is 4.28. The molecule has 0 saturated carbocycles. The number of carbonyl (C=O) groups excluding carboxylic acids is 2. The smallest absolute Gasteiger partial charge is 0.274 e. The molecule has 4 rings (SSSR count). The second kappa shape index (κ2) is 7.18. The first-order chi connectivity index (χ1) is 13.0. The van der Waals surface area contributed by atoms with Crippen LogP contribution in [-0.2, 0) is 17.9 Å². The van der Waals surface area contributed by atoms with Gasteiger partial charge in [-0.15, -0.1) is 0 Å². The van der Waals surface area contributed by atoms with Gasteiger partial charge in [-0.25, -0.2) is 0 Å². The zero-order chi connectivity index (χ0) is 19.0. The molecule has 0 radical (unpaired) electrons. The van der Waals surface area contributed by atoms with Gasteiger partial charge in [-0.2, -0.15) is 5.10 Å². The lowest BCUT2D eigenvalue weighted by molar-refractivity contribution is -0.129. The van der Waals surface area contributed by atoms with Crippen LogP contribution in [0.4, 0.5) is 0 Å². The minimum atomic E-state index is -0.00398. The number of hydrogen-bond donors (Lipinski definition) is 0. The predicted octanol–water partition coefficient (Wildman–Crippen LogP) is 2.92. The number of rotatable bonds is 2. The SMILES string of the molecule is CC(=O)N1CCCn2nc(C(=O)N3CCC[C@@H]3c3ccccc3C)cc2C1. The lowest BCUT2D eigenvalue weighted by Crippen LogP contribution is -2.31. The highest BCUT2D eigenvalue weighted by Crippen LogP contribution is 2.34. The highest BCUT2D eigenvalue weighted by Gasteiger charge is 2.33. The van der Waals surface area contributed by atoms with Gasteiger partial charge in [0.1, 0.15) is 0 Å². The Hall–Kier alpha value is -2.63. The normalized spacial score (nSPS) is 19.7. The van der Waals surface area contributed by atoms with Crippen molar-refractivity contribution >= 4 is 11.8 Å². The highest BCUT2D eigenvalue weighted by molar-refractivity contribution is 5.93. The monoisotopic (exact) mass is 366 g/mol. The van der Waals surface area contributed by atoms with Gasteiger partial charge in [-0.1, -0.05) is 24.3 Å². The van der Waals surface area contributed by atoms with Gasteiger partial charge in [0.25, 0.3) is 5.91 Å². The van der Waals surface area contributed by atoms with E-state index in [4.69, 9.17) is 0 Å². The molecule has 1 atom stereocenters. The molecule has 142 valence electrons. The van der Waals surface area contributed by atoms with E-state index in [1.54, 1.807) is 6.92 Å². The summed E-state index contributed by atoms with van der Waals surface area (Å²) in [7, 11) is 0. The van der Waals surface area contributed by atoms with Crippen molar-refractivity contribution in [3.8, 4) is 0 Å². The van der Waals surface area contributed by atoms with Crippen LogP contribution in [0.15, 0.2) is 30.3 Å². The molecule has 1 saturated heterocycles. The minimum Gasteiger partial charge on any atom is -0.337 e. The third-order valence-electron chi connectivity index (χ3n) is 5.74. The highest BCUT2D eigenvalue weighted by atomic mass is 16.2. The third kappa shape index (κ3) is 3.36. The topological polar surface area (TPSA) is 58.4 Å². The third-order valence-corrected chi connectivity index (χ3v) is 5.74. The summed E-state index contributed by atoms with van der Waals surface area (Å²) in [5, 5.41) is 4.59. The van der Waals surface area contributed by atoms with Crippen LogP contribution in [0.2, 0.25) is 0 Å². The van der Waals surface area contributed by atoms with Gasteiger partial charge in [0, 0.05) is 26.6 Å². The van der Waals surface area contributed by atoms with E-state index < -0.39 is 0 Å². The van der Waals surface area contributed by atoms with Crippen LogP contribution in [0.1, 0.15) is 59.5 Å². The Morgan fingerprint density at radius 2 is 1.93 bits per heavy atom. The van der Waals surface area contributed by atoms with E-state index in [9.17, 15) is 9.59 Å². The summed E-state index contributed by atoms with van der Waals surface area (Å²) < 4.78 is 1.90. The molecule has 2 aromatic rings. The Balaban J connectivity index is 1.59. The number of aryl methyl sites for hydroxylation is 2. The lowest BCUT2D eigenvalue weighted by Gasteiger charge is -2.25. The molecule has 2 amide bonds. The average molecular weight is 366 g/mol. The molecule has 2 aliphatic rings. The van der Waals surface area contributed by atoms with Crippen LogP contribution in [0.5, 0.6) is 0 Å². The molecule has 6 nitrogen and oxygen atoms in total. The van der Waals surface area contributed by atoms with Crippen LogP contribution < -0.4 is 0 Å². The first-order valence-corrected chi connectivity index (χ1v) is 9.73. The van der Waals surface area contributed by atoms with E-state index in [1.165, 1.54) is 11.1 Å². The fourth-order valence-electron chi connectivity index (χ4n) is 4.28. The summed E-state index contributed by atoms with van der Waals surface area (Å²) >= 11 is 0. The largest absolute Gasteiger partial charge is 0.337 e. The van der Waals surface area contributed by atoms with E-state index in [0.717, 1.165) is 44.6 Å². The standard InChI is InChI=1S/C21H26N4O2/c1-15-7-3-4-8-18(15)20-9-5-11-24(20)21(27)19-13-17-14-23(16(2)26)10-6-12-25(17)22-19/h3-4,7-8,13,20H,5-6,9-12,14H2,1-2H3/t20-/m1/s1. The molecular weight excluding hydrogens is 340 g/mol. The first-order valence-electron chi connectivity index (χ1n) is 9.73. The predicted molar refractivity (Wildman–Crippen MR) is 102 cm³/mol. The van der Waals surface area contributed by atoms with E-state index >= 15 is 0 Å². The van der Waals surface area contributed by atoms with Crippen molar-refractivity contribution in [1.29, 1.82) is 0 Å². The molecule has 0 aliphatic carbocycles. The van der Waals surface area contributed by atoms with Gasteiger partial charge in [0.2, 0.25) is 5.91 Å². The summed E-state index contributed by atoms with van der Waals surface area (Å²) in [4.78, 5) is 28.8. The minimum absolute atomic E-state index is 0.00398. The molecule has 0 unspecified atom stereocenters. The van der Waals surface area contributed by atoms with E-state index in [1.807, 2.05) is 32.7 Å². The van der Waals surface area contributed by atoms with Crippen molar-refractivity contribution in [2.45, 2.75) is 52.2 Å². The number of nitrogens with zero attached hydrogens (tertiary/aromatic N) is 4. The number of benzene rings is 1. The second-order valence-electron chi connectivity index (χ2n) is 7.55. The maximum atomic E-state index is 13.2. The van der Waals surface area contributed by atoms with Gasteiger partial charge in [0.15, 0.2) is 5.69 Å². The Kier molecular flexibility index (Phi) is 4.72. The van der Waals surface area contributed by atoms with Crippen LogP contribution in [0.25, 0.3) is 0 Å². The van der Waals surface area contributed by atoms with Crippen molar-refractivity contribution in [2.75, 3.05) is 13.1 Å². The summed E-state index contributed by atoms with van der Waals surface area (Å²) in [5.41, 5.74) is 3.89. The molecule has 1 aromatic heterocycles. The van der Waals surface area contributed by atoms with Crippen LogP contribution in [-0.4, -0.2) is 44.5 Å². The zero-order valence-electron chi connectivity index (χ0n) is 16.0. The molecule has 0 spiro atoms.